The van der Waals surface area contributed by atoms with Crippen molar-refractivity contribution in [1.82, 2.24) is 15.2 Å². The summed E-state index contributed by atoms with van der Waals surface area (Å²) in [5.74, 6) is -0.501. The Kier molecular flexibility index (Phi) is 4.02. The SMILES string of the molecule is Cc1ccc2c(C(=O)NCC(=O)N3CCC[C@H]3C#N)c[nH]c2c1. The number of nitriles is 1. The van der Waals surface area contributed by atoms with Crippen LogP contribution in [0.25, 0.3) is 10.9 Å². The lowest BCUT2D eigenvalue weighted by molar-refractivity contribution is -0.130. The van der Waals surface area contributed by atoms with Gasteiger partial charge in [-0.3, -0.25) is 9.59 Å². The molecule has 2 aromatic rings. The van der Waals surface area contributed by atoms with Crippen molar-refractivity contribution in [3.8, 4) is 6.07 Å². The van der Waals surface area contributed by atoms with Gasteiger partial charge in [-0.15, -0.1) is 0 Å². The Morgan fingerprint density at radius 1 is 1.48 bits per heavy atom. The Morgan fingerprint density at radius 2 is 2.30 bits per heavy atom. The zero-order chi connectivity index (χ0) is 16.4. The molecule has 6 nitrogen and oxygen atoms in total. The first-order valence-electron chi connectivity index (χ1n) is 7.65. The highest BCUT2D eigenvalue weighted by Gasteiger charge is 2.28. The van der Waals surface area contributed by atoms with Crippen LogP contribution < -0.4 is 5.32 Å². The molecule has 3 rings (SSSR count). The number of nitrogens with zero attached hydrogens (tertiary/aromatic N) is 2. The lowest BCUT2D eigenvalue weighted by atomic mass is 10.1. The van der Waals surface area contributed by atoms with Crippen molar-refractivity contribution in [2.75, 3.05) is 13.1 Å². The van der Waals surface area contributed by atoms with Gasteiger partial charge in [0.25, 0.3) is 5.91 Å². The van der Waals surface area contributed by atoms with Gasteiger partial charge in [0.15, 0.2) is 0 Å². The van der Waals surface area contributed by atoms with E-state index in [9.17, 15) is 9.59 Å². The molecule has 6 heteroatoms. The number of hydrogen-bond acceptors (Lipinski definition) is 3. The summed E-state index contributed by atoms with van der Waals surface area (Å²) in [6.07, 6.45) is 3.19. The van der Waals surface area contributed by atoms with Crippen LogP contribution in [0, 0.1) is 18.3 Å². The molecule has 2 N–H and O–H groups in total. The number of hydrogen-bond donors (Lipinski definition) is 2. The van der Waals surface area contributed by atoms with Crippen LogP contribution >= 0.6 is 0 Å². The largest absolute Gasteiger partial charge is 0.360 e. The standard InChI is InChI=1S/C17H18N4O2/c1-11-4-5-13-14(9-19-15(13)7-11)17(23)20-10-16(22)21-6-2-3-12(21)8-18/h4-5,7,9,12,19H,2-3,6,10H2,1H3,(H,20,23)/t12-/m0/s1. The molecule has 1 saturated heterocycles. The van der Waals surface area contributed by atoms with Gasteiger partial charge in [0.1, 0.15) is 6.04 Å². The number of carbonyl (C=O) groups excluding carboxylic acids is 2. The molecular weight excluding hydrogens is 292 g/mol. The zero-order valence-corrected chi connectivity index (χ0v) is 12.9. The van der Waals surface area contributed by atoms with E-state index in [-0.39, 0.29) is 24.4 Å². The van der Waals surface area contributed by atoms with E-state index < -0.39 is 0 Å². The predicted octanol–water partition coefficient (Wildman–Crippen LogP) is 1.72. The molecule has 1 atom stereocenters. The quantitative estimate of drug-likeness (QED) is 0.904. The molecule has 1 fully saturated rings. The smallest absolute Gasteiger partial charge is 0.253 e. The van der Waals surface area contributed by atoms with Crippen molar-refractivity contribution in [3.63, 3.8) is 0 Å². The van der Waals surface area contributed by atoms with Crippen LogP contribution in [0.5, 0.6) is 0 Å². The predicted molar refractivity (Wildman–Crippen MR) is 85.7 cm³/mol. The van der Waals surface area contributed by atoms with Gasteiger partial charge < -0.3 is 15.2 Å². The zero-order valence-electron chi connectivity index (χ0n) is 12.9. The number of likely N-dealkylation sites (tertiary alicyclic amines) is 1. The first-order valence-corrected chi connectivity index (χ1v) is 7.65. The Morgan fingerprint density at radius 3 is 3.09 bits per heavy atom. The molecule has 2 amide bonds. The van der Waals surface area contributed by atoms with Gasteiger partial charge in [0.05, 0.1) is 18.2 Å². The van der Waals surface area contributed by atoms with Crippen molar-refractivity contribution in [2.24, 2.45) is 0 Å². The van der Waals surface area contributed by atoms with Crippen molar-refractivity contribution >= 4 is 22.7 Å². The molecule has 118 valence electrons. The van der Waals surface area contributed by atoms with Crippen molar-refractivity contribution in [1.29, 1.82) is 5.26 Å². The summed E-state index contributed by atoms with van der Waals surface area (Å²) in [5, 5.41) is 12.5. The maximum absolute atomic E-state index is 12.3. The Labute approximate surface area is 134 Å². The Bertz CT molecular complexity index is 803. The number of fused-ring (bicyclic) bond motifs is 1. The molecule has 0 saturated carbocycles. The molecule has 1 aromatic heterocycles. The highest BCUT2D eigenvalue weighted by Crippen LogP contribution is 2.19. The number of amides is 2. The summed E-state index contributed by atoms with van der Waals surface area (Å²) < 4.78 is 0. The summed E-state index contributed by atoms with van der Waals surface area (Å²) >= 11 is 0. The van der Waals surface area contributed by atoms with Crippen molar-refractivity contribution in [2.45, 2.75) is 25.8 Å². The van der Waals surface area contributed by atoms with Crippen LogP contribution in [0.2, 0.25) is 0 Å². The van der Waals surface area contributed by atoms with Crippen LogP contribution in [0.1, 0.15) is 28.8 Å². The maximum Gasteiger partial charge on any atom is 0.253 e. The topological polar surface area (TPSA) is 89.0 Å². The number of H-pyrrole nitrogens is 1. The van der Waals surface area contributed by atoms with Crippen LogP contribution in [0.4, 0.5) is 0 Å². The molecule has 1 aliphatic heterocycles. The number of nitrogens with one attached hydrogen (secondary N) is 2. The van der Waals surface area contributed by atoms with Gasteiger partial charge in [-0.1, -0.05) is 12.1 Å². The van der Waals surface area contributed by atoms with E-state index in [1.54, 1.807) is 11.1 Å². The van der Waals surface area contributed by atoms with Crippen LogP contribution in [0.3, 0.4) is 0 Å². The summed E-state index contributed by atoms with van der Waals surface area (Å²) in [6, 6.07) is 7.57. The third-order valence-corrected chi connectivity index (χ3v) is 4.20. The first kappa shape index (κ1) is 15.1. The lowest BCUT2D eigenvalue weighted by Gasteiger charge is -2.19. The average Bonchev–Trinajstić information content (AvgIpc) is 3.18. The van der Waals surface area contributed by atoms with E-state index >= 15 is 0 Å². The van der Waals surface area contributed by atoms with Gasteiger partial charge in [0.2, 0.25) is 5.91 Å². The maximum atomic E-state index is 12.3. The van der Waals surface area contributed by atoms with E-state index in [1.807, 2.05) is 25.1 Å². The van der Waals surface area contributed by atoms with Gasteiger partial charge in [-0.25, -0.2) is 0 Å². The van der Waals surface area contributed by atoms with Gasteiger partial charge in [0, 0.05) is 23.6 Å². The summed E-state index contributed by atoms with van der Waals surface area (Å²) in [7, 11) is 0. The van der Waals surface area contributed by atoms with Gasteiger partial charge in [-0.05, 0) is 31.4 Å². The van der Waals surface area contributed by atoms with Crippen LogP contribution in [-0.4, -0.2) is 40.8 Å². The van der Waals surface area contributed by atoms with Crippen molar-refractivity contribution < 1.29 is 9.59 Å². The molecule has 23 heavy (non-hydrogen) atoms. The second-order valence-electron chi connectivity index (χ2n) is 5.81. The Balaban J connectivity index is 1.67. The van der Waals surface area contributed by atoms with Crippen molar-refractivity contribution in [3.05, 3.63) is 35.5 Å². The van der Waals surface area contributed by atoms with E-state index in [1.165, 1.54) is 0 Å². The summed E-state index contributed by atoms with van der Waals surface area (Å²) in [6.45, 7) is 2.48. The fourth-order valence-electron chi connectivity index (χ4n) is 2.98. The number of aryl methyl sites for hydroxylation is 1. The third-order valence-electron chi connectivity index (χ3n) is 4.20. The minimum absolute atomic E-state index is 0.0877. The molecule has 0 bridgehead atoms. The average molecular weight is 310 g/mol. The second-order valence-corrected chi connectivity index (χ2v) is 5.81. The van der Waals surface area contributed by atoms with Gasteiger partial charge >= 0.3 is 0 Å². The third kappa shape index (κ3) is 2.90. The minimum Gasteiger partial charge on any atom is -0.360 e. The van der Waals surface area contributed by atoms with Gasteiger partial charge in [-0.2, -0.15) is 5.26 Å². The minimum atomic E-state index is -0.365. The first-order chi connectivity index (χ1) is 11.1. The molecular formula is C17H18N4O2. The molecule has 0 radical (unpaired) electrons. The number of aromatic amines is 1. The molecule has 2 heterocycles. The lowest BCUT2D eigenvalue weighted by Crippen LogP contribution is -2.42. The summed E-state index contributed by atoms with van der Waals surface area (Å²) in [5.41, 5.74) is 2.52. The van der Waals surface area contributed by atoms with Crippen LogP contribution in [-0.2, 0) is 4.79 Å². The number of benzene rings is 1. The monoisotopic (exact) mass is 310 g/mol. The molecule has 0 aliphatic carbocycles. The van der Waals surface area contributed by atoms with E-state index in [2.05, 4.69) is 16.4 Å². The molecule has 1 aromatic carbocycles. The number of rotatable bonds is 3. The highest BCUT2D eigenvalue weighted by molar-refractivity contribution is 6.07. The fraction of sp³-hybridized carbons (Fsp3) is 0.353. The Hall–Kier alpha value is -2.81. The van der Waals surface area contributed by atoms with E-state index in [4.69, 9.17) is 5.26 Å². The molecule has 0 unspecified atom stereocenters. The molecule has 0 spiro atoms. The van der Waals surface area contributed by atoms with Crippen LogP contribution in [0.15, 0.2) is 24.4 Å². The number of aromatic nitrogens is 1. The number of carbonyl (C=O) groups is 2. The fourth-order valence-corrected chi connectivity index (χ4v) is 2.98. The highest BCUT2D eigenvalue weighted by atomic mass is 16.2. The normalized spacial score (nSPS) is 17.2. The van der Waals surface area contributed by atoms with E-state index in [0.29, 0.717) is 18.5 Å². The summed E-state index contributed by atoms with van der Waals surface area (Å²) in [4.78, 5) is 29.1. The second kappa shape index (κ2) is 6.13. The molecule has 1 aliphatic rings. The van der Waals surface area contributed by atoms with E-state index in [0.717, 1.165) is 22.9 Å².